The highest BCUT2D eigenvalue weighted by Crippen LogP contribution is 2.20. The summed E-state index contributed by atoms with van der Waals surface area (Å²) in [5.74, 6) is 0.479. The normalized spacial score (nSPS) is 26.1. The van der Waals surface area contributed by atoms with Gasteiger partial charge in [-0.05, 0) is 25.2 Å². The van der Waals surface area contributed by atoms with Crippen molar-refractivity contribution in [3.8, 4) is 0 Å². The summed E-state index contributed by atoms with van der Waals surface area (Å²) in [4.78, 5) is 11.8. The molecule has 1 aliphatic rings. The first kappa shape index (κ1) is 15.4. The summed E-state index contributed by atoms with van der Waals surface area (Å²) >= 11 is 0. The van der Waals surface area contributed by atoms with E-state index in [1.54, 1.807) is 7.11 Å². The first-order valence-corrected chi connectivity index (χ1v) is 6.69. The minimum Gasteiger partial charge on any atom is -0.383 e. The van der Waals surface area contributed by atoms with Crippen molar-refractivity contribution < 1.29 is 14.3 Å². The Balaban J connectivity index is 2.35. The van der Waals surface area contributed by atoms with Gasteiger partial charge in [-0.15, -0.1) is 0 Å². The Labute approximate surface area is 109 Å². The van der Waals surface area contributed by atoms with Crippen LogP contribution in [0.15, 0.2) is 0 Å². The fourth-order valence-corrected chi connectivity index (χ4v) is 2.26. The molecule has 0 aromatic rings. The molecule has 0 radical (unpaired) electrons. The number of rotatable bonds is 6. The maximum Gasteiger partial charge on any atom is 0.239 e. The Morgan fingerprint density at radius 3 is 2.89 bits per heavy atom. The SMILES string of the molecule is COCC(N)C(=O)NC1CCOC(CC(C)C)C1. The third kappa shape index (κ3) is 5.33. The number of carbonyl (C=O) groups excluding carboxylic acids is 1. The van der Waals surface area contributed by atoms with Crippen LogP contribution in [0.3, 0.4) is 0 Å². The van der Waals surface area contributed by atoms with Gasteiger partial charge in [0.15, 0.2) is 0 Å². The molecule has 0 aromatic carbocycles. The van der Waals surface area contributed by atoms with Gasteiger partial charge in [0.05, 0.1) is 12.7 Å². The summed E-state index contributed by atoms with van der Waals surface area (Å²) in [7, 11) is 1.54. The second-order valence-corrected chi connectivity index (χ2v) is 5.41. The van der Waals surface area contributed by atoms with E-state index in [9.17, 15) is 4.79 Å². The number of nitrogens with two attached hydrogens (primary N) is 1. The standard InChI is InChI=1S/C13H26N2O3/c1-9(2)6-11-7-10(4-5-18-11)15-13(16)12(14)8-17-3/h9-12H,4-8,14H2,1-3H3,(H,15,16). The van der Waals surface area contributed by atoms with Crippen LogP contribution in [0.1, 0.15) is 33.1 Å². The quantitative estimate of drug-likeness (QED) is 0.734. The van der Waals surface area contributed by atoms with Gasteiger partial charge in [0.25, 0.3) is 0 Å². The number of amides is 1. The van der Waals surface area contributed by atoms with Gasteiger partial charge in [0.1, 0.15) is 6.04 Å². The Bertz CT molecular complexity index is 259. The zero-order chi connectivity index (χ0) is 13.5. The molecule has 1 aliphatic heterocycles. The molecular weight excluding hydrogens is 232 g/mol. The van der Waals surface area contributed by atoms with Gasteiger partial charge in [-0.2, -0.15) is 0 Å². The van der Waals surface area contributed by atoms with E-state index in [4.69, 9.17) is 15.2 Å². The van der Waals surface area contributed by atoms with Crippen molar-refractivity contribution in [2.75, 3.05) is 20.3 Å². The van der Waals surface area contributed by atoms with E-state index >= 15 is 0 Å². The lowest BCUT2D eigenvalue weighted by Gasteiger charge is -2.31. The van der Waals surface area contributed by atoms with Crippen molar-refractivity contribution in [1.29, 1.82) is 0 Å². The molecule has 3 atom stereocenters. The van der Waals surface area contributed by atoms with Crippen LogP contribution in [0.4, 0.5) is 0 Å². The molecule has 1 saturated heterocycles. The third-order valence-corrected chi connectivity index (χ3v) is 3.13. The fraction of sp³-hybridized carbons (Fsp3) is 0.923. The first-order chi connectivity index (χ1) is 8.52. The van der Waals surface area contributed by atoms with Crippen LogP contribution in [-0.2, 0) is 14.3 Å². The average Bonchev–Trinajstić information content (AvgIpc) is 2.28. The second-order valence-electron chi connectivity index (χ2n) is 5.41. The van der Waals surface area contributed by atoms with Crippen LogP contribution in [0.2, 0.25) is 0 Å². The summed E-state index contributed by atoms with van der Waals surface area (Å²) in [5, 5.41) is 2.98. The molecule has 1 rings (SSSR count). The molecule has 1 fully saturated rings. The molecule has 1 heterocycles. The number of methoxy groups -OCH3 is 1. The van der Waals surface area contributed by atoms with Crippen LogP contribution in [-0.4, -0.2) is 44.4 Å². The molecule has 3 unspecified atom stereocenters. The van der Waals surface area contributed by atoms with Gasteiger partial charge in [-0.25, -0.2) is 0 Å². The number of hydrogen-bond donors (Lipinski definition) is 2. The van der Waals surface area contributed by atoms with Gasteiger partial charge in [-0.3, -0.25) is 4.79 Å². The third-order valence-electron chi connectivity index (χ3n) is 3.13. The van der Waals surface area contributed by atoms with Crippen molar-refractivity contribution in [1.82, 2.24) is 5.32 Å². The van der Waals surface area contributed by atoms with Crippen molar-refractivity contribution in [3.63, 3.8) is 0 Å². The number of carbonyl (C=O) groups is 1. The molecule has 0 aliphatic carbocycles. The van der Waals surface area contributed by atoms with E-state index in [1.165, 1.54) is 0 Å². The molecule has 18 heavy (non-hydrogen) atoms. The largest absolute Gasteiger partial charge is 0.383 e. The van der Waals surface area contributed by atoms with Crippen LogP contribution < -0.4 is 11.1 Å². The van der Waals surface area contributed by atoms with Crippen molar-refractivity contribution >= 4 is 5.91 Å². The zero-order valence-electron chi connectivity index (χ0n) is 11.6. The fourth-order valence-electron chi connectivity index (χ4n) is 2.26. The van der Waals surface area contributed by atoms with E-state index in [-0.39, 0.29) is 24.7 Å². The van der Waals surface area contributed by atoms with Crippen LogP contribution >= 0.6 is 0 Å². The molecule has 0 aromatic heterocycles. The summed E-state index contributed by atoms with van der Waals surface area (Å²) in [5.41, 5.74) is 5.69. The summed E-state index contributed by atoms with van der Waals surface area (Å²) < 4.78 is 10.6. The Morgan fingerprint density at radius 1 is 1.56 bits per heavy atom. The van der Waals surface area contributed by atoms with Gasteiger partial charge >= 0.3 is 0 Å². The lowest BCUT2D eigenvalue weighted by atomic mass is 9.96. The molecule has 0 saturated carbocycles. The molecular formula is C13H26N2O3. The Kier molecular flexibility index (Phi) is 6.60. The highest BCUT2D eigenvalue weighted by Gasteiger charge is 2.25. The van der Waals surface area contributed by atoms with E-state index in [2.05, 4.69) is 19.2 Å². The molecule has 5 heteroatoms. The van der Waals surface area contributed by atoms with Crippen molar-refractivity contribution in [2.45, 2.75) is 51.3 Å². The highest BCUT2D eigenvalue weighted by molar-refractivity contribution is 5.81. The number of hydrogen-bond acceptors (Lipinski definition) is 4. The number of ether oxygens (including phenoxy) is 2. The van der Waals surface area contributed by atoms with Crippen molar-refractivity contribution in [2.24, 2.45) is 11.7 Å². The van der Waals surface area contributed by atoms with Gasteiger partial charge in [0, 0.05) is 19.8 Å². The van der Waals surface area contributed by atoms with Crippen LogP contribution in [0.25, 0.3) is 0 Å². The van der Waals surface area contributed by atoms with Crippen molar-refractivity contribution in [3.05, 3.63) is 0 Å². The molecule has 0 spiro atoms. The predicted octanol–water partition coefficient (Wildman–Crippen LogP) is 0.670. The average molecular weight is 258 g/mol. The summed E-state index contributed by atoms with van der Waals surface area (Å²) in [6.45, 7) is 5.33. The second kappa shape index (κ2) is 7.71. The van der Waals surface area contributed by atoms with E-state index in [0.717, 1.165) is 19.3 Å². The van der Waals surface area contributed by atoms with Gasteiger partial charge < -0.3 is 20.5 Å². The van der Waals surface area contributed by atoms with E-state index < -0.39 is 6.04 Å². The Hall–Kier alpha value is -0.650. The number of nitrogens with one attached hydrogen (secondary N) is 1. The first-order valence-electron chi connectivity index (χ1n) is 6.69. The van der Waals surface area contributed by atoms with Crippen LogP contribution in [0.5, 0.6) is 0 Å². The highest BCUT2D eigenvalue weighted by atomic mass is 16.5. The van der Waals surface area contributed by atoms with E-state index in [1.807, 2.05) is 0 Å². The zero-order valence-corrected chi connectivity index (χ0v) is 11.6. The van der Waals surface area contributed by atoms with Crippen LogP contribution in [0, 0.1) is 5.92 Å². The van der Waals surface area contributed by atoms with Gasteiger partial charge in [0.2, 0.25) is 5.91 Å². The summed E-state index contributed by atoms with van der Waals surface area (Å²) in [6.07, 6.45) is 3.03. The summed E-state index contributed by atoms with van der Waals surface area (Å²) in [6, 6.07) is -0.403. The molecule has 1 amide bonds. The maximum absolute atomic E-state index is 11.8. The minimum absolute atomic E-state index is 0.132. The lowest BCUT2D eigenvalue weighted by molar-refractivity contribution is -0.125. The van der Waals surface area contributed by atoms with E-state index in [0.29, 0.717) is 12.5 Å². The Morgan fingerprint density at radius 2 is 2.28 bits per heavy atom. The molecule has 5 nitrogen and oxygen atoms in total. The maximum atomic E-state index is 11.8. The lowest BCUT2D eigenvalue weighted by Crippen LogP contribution is -2.50. The predicted molar refractivity (Wildman–Crippen MR) is 70.2 cm³/mol. The van der Waals surface area contributed by atoms with Gasteiger partial charge in [-0.1, -0.05) is 13.8 Å². The topological polar surface area (TPSA) is 73.6 Å². The molecule has 106 valence electrons. The molecule has 0 bridgehead atoms. The smallest absolute Gasteiger partial charge is 0.239 e. The minimum atomic E-state index is -0.582. The monoisotopic (exact) mass is 258 g/mol. The molecule has 3 N–H and O–H groups in total.